The molecule has 0 aromatic heterocycles. The standard InChI is InChI=1S/C10H18N2O/c13-10-4-2-7-12(10)8-5-9-3-1-6-11-9/h9,11H,1-8H2. The van der Waals surface area contributed by atoms with Crippen LogP contribution >= 0.6 is 0 Å². The lowest BCUT2D eigenvalue weighted by Gasteiger charge is -2.18. The van der Waals surface area contributed by atoms with Crippen molar-refractivity contribution in [2.24, 2.45) is 0 Å². The lowest BCUT2D eigenvalue weighted by molar-refractivity contribution is -0.127. The molecule has 0 spiro atoms. The van der Waals surface area contributed by atoms with Crippen molar-refractivity contribution >= 4 is 5.91 Å². The number of rotatable bonds is 3. The molecule has 0 bridgehead atoms. The molecular formula is C10H18N2O. The van der Waals surface area contributed by atoms with Gasteiger partial charge in [0.1, 0.15) is 0 Å². The van der Waals surface area contributed by atoms with Gasteiger partial charge in [-0.1, -0.05) is 0 Å². The average molecular weight is 182 g/mol. The van der Waals surface area contributed by atoms with Crippen LogP contribution in [0.25, 0.3) is 0 Å². The lowest BCUT2D eigenvalue weighted by Crippen LogP contribution is -2.31. The van der Waals surface area contributed by atoms with Gasteiger partial charge in [0.15, 0.2) is 0 Å². The number of nitrogens with one attached hydrogen (secondary N) is 1. The van der Waals surface area contributed by atoms with Crippen molar-refractivity contribution in [2.75, 3.05) is 19.6 Å². The Morgan fingerprint density at radius 2 is 2.38 bits per heavy atom. The number of carbonyl (C=O) groups is 1. The first-order chi connectivity index (χ1) is 6.36. The van der Waals surface area contributed by atoms with E-state index >= 15 is 0 Å². The van der Waals surface area contributed by atoms with Crippen molar-refractivity contribution < 1.29 is 4.79 Å². The van der Waals surface area contributed by atoms with E-state index in [0.717, 1.165) is 32.4 Å². The number of amides is 1. The molecule has 2 saturated heterocycles. The van der Waals surface area contributed by atoms with Gasteiger partial charge < -0.3 is 10.2 Å². The smallest absolute Gasteiger partial charge is 0.222 e. The van der Waals surface area contributed by atoms with E-state index in [9.17, 15) is 4.79 Å². The molecular weight excluding hydrogens is 164 g/mol. The van der Waals surface area contributed by atoms with E-state index in [1.54, 1.807) is 0 Å². The molecule has 2 heterocycles. The van der Waals surface area contributed by atoms with Gasteiger partial charge in [-0.3, -0.25) is 4.79 Å². The molecule has 3 nitrogen and oxygen atoms in total. The summed E-state index contributed by atoms with van der Waals surface area (Å²) in [5.41, 5.74) is 0. The molecule has 0 aromatic rings. The zero-order chi connectivity index (χ0) is 9.10. The first-order valence-corrected chi connectivity index (χ1v) is 5.37. The first kappa shape index (κ1) is 9.00. The van der Waals surface area contributed by atoms with Gasteiger partial charge in [0.25, 0.3) is 0 Å². The summed E-state index contributed by atoms with van der Waals surface area (Å²) in [5.74, 6) is 0.359. The summed E-state index contributed by atoms with van der Waals surface area (Å²) >= 11 is 0. The molecule has 13 heavy (non-hydrogen) atoms. The van der Waals surface area contributed by atoms with Crippen LogP contribution in [0.15, 0.2) is 0 Å². The van der Waals surface area contributed by atoms with Crippen molar-refractivity contribution in [2.45, 2.75) is 38.1 Å². The predicted octanol–water partition coefficient (Wildman–Crippen LogP) is 0.751. The second kappa shape index (κ2) is 4.09. The Kier molecular flexibility index (Phi) is 2.83. The summed E-state index contributed by atoms with van der Waals surface area (Å²) < 4.78 is 0. The van der Waals surface area contributed by atoms with Gasteiger partial charge in [0.2, 0.25) is 5.91 Å². The molecule has 0 aromatic carbocycles. The SMILES string of the molecule is O=C1CCCN1CCC1CCCN1. The summed E-state index contributed by atoms with van der Waals surface area (Å²) in [7, 11) is 0. The van der Waals surface area contributed by atoms with E-state index in [4.69, 9.17) is 0 Å². The highest BCUT2D eigenvalue weighted by atomic mass is 16.2. The Balaban J connectivity index is 1.69. The van der Waals surface area contributed by atoms with Gasteiger partial charge in [-0.05, 0) is 32.2 Å². The molecule has 2 aliphatic rings. The van der Waals surface area contributed by atoms with Crippen LogP contribution in [0, 0.1) is 0 Å². The number of likely N-dealkylation sites (tertiary alicyclic amines) is 1. The fraction of sp³-hybridized carbons (Fsp3) is 0.900. The lowest BCUT2D eigenvalue weighted by atomic mass is 10.1. The Morgan fingerprint density at radius 1 is 1.46 bits per heavy atom. The number of carbonyl (C=O) groups excluding carboxylic acids is 1. The average Bonchev–Trinajstić information content (AvgIpc) is 2.72. The largest absolute Gasteiger partial charge is 0.343 e. The maximum Gasteiger partial charge on any atom is 0.222 e. The van der Waals surface area contributed by atoms with E-state index in [-0.39, 0.29) is 0 Å². The molecule has 1 amide bonds. The predicted molar refractivity (Wildman–Crippen MR) is 51.5 cm³/mol. The maximum absolute atomic E-state index is 11.3. The fourth-order valence-corrected chi connectivity index (χ4v) is 2.26. The van der Waals surface area contributed by atoms with Crippen molar-refractivity contribution in [1.29, 1.82) is 0 Å². The topological polar surface area (TPSA) is 32.3 Å². The minimum absolute atomic E-state index is 0.359. The van der Waals surface area contributed by atoms with Crippen molar-refractivity contribution in [3.8, 4) is 0 Å². The van der Waals surface area contributed by atoms with Gasteiger partial charge in [-0.2, -0.15) is 0 Å². The third kappa shape index (κ3) is 2.21. The van der Waals surface area contributed by atoms with Gasteiger partial charge in [0.05, 0.1) is 0 Å². The molecule has 3 heteroatoms. The summed E-state index contributed by atoms with van der Waals surface area (Å²) in [6.07, 6.45) is 5.58. The highest BCUT2D eigenvalue weighted by molar-refractivity contribution is 5.77. The highest BCUT2D eigenvalue weighted by Gasteiger charge is 2.21. The van der Waals surface area contributed by atoms with Crippen molar-refractivity contribution in [1.82, 2.24) is 10.2 Å². The van der Waals surface area contributed by atoms with Gasteiger partial charge in [0, 0.05) is 25.6 Å². The highest BCUT2D eigenvalue weighted by Crippen LogP contribution is 2.13. The van der Waals surface area contributed by atoms with E-state index < -0.39 is 0 Å². The fourth-order valence-electron chi connectivity index (χ4n) is 2.26. The van der Waals surface area contributed by atoms with Crippen LogP contribution in [0.4, 0.5) is 0 Å². The summed E-state index contributed by atoms with van der Waals surface area (Å²) in [6.45, 7) is 3.13. The quantitative estimate of drug-likeness (QED) is 0.698. The monoisotopic (exact) mass is 182 g/mol. The van der Waals surface area contributed by atoms with Crippen LogP contribution in [0.5, 0.6) is 0 Å². The first-order valence-electron chi connectivity index (χ1n) is 5.37. The van der Waals surface area contributed by atoms with Gasteiger partial charge in [-0.25, -0.2) is 0 Å². The van der Waals surface area contributed by atoms with Crippen LogP contribution in [-0.4, -0.2) is 36.5 Å². The summed E-state index contributed by atoms with van der Waals surface area (Å²) in [5, 5.41) is 3.46. The minimum atomic E-state index is 0.359. The van der Waals surface area contributed by atoms with Crippen LogP contribution in [-0.2, 0) is 4.79 Å². The molecule has 1 atom stereocenters. The molecule has 0 aliphatic carbocycles. The van der Waals surface area contributed by atoms with E-state index in [0.29, 0.717) is 11.9 Å². The second-order valence-corrected chi connectivity index (χ2v) is 4.07. The van der Waals surface area contributed by atoms with Gasteiger partial charge >= 0.3 is 0 Å². The van der Waals surface area contributed by atoms with E-state index in [1.165, 1.54) is 19.4 Å². The maximum atomic E-state index is 11.3. The summed E-state index contributed by atoms with van der Waals surface area (Å²) in [6, 6.07) is 0.674. The van der Waals surface area contributed by atoms with Crippen LogP contribution in [0.2, 0.25) is 0 Å². The molecule has 2 rings (SSSR count). The zero-order valence-electron chi connectivity index (χ0n) is 8.09. The second-order valence-electron chi connectivity index (χ2n) is 4.07. The Bertz CT molecular complexity index is 187. The molecule has 1 N–H and O–H groups in total. The normalized spacial score (nSPS) is 28.8. The van der Waals surface area contributed by atoms with Gasteiger partial charge in [-0.15, -0.1) is 0 Å². The third-order valence-corrected chi connectivity index (χ3v) is 3.08. The summed E-state index contributed by atoms with van der Waals surface area (Å²) in [4.78, 5) is 13.3. The molecule has 0 radical (unpaired) electrons. The number of hydrogen-bond donors (Lipinski definition) is 1. The molecule has 0 saturated carbocycles. The van der Waals surface area contributed by atoms with Crippen molar-refractivity contribution in [3.05, 3.63) is 0 Å². The molecule has 74 valence electrons. The number of hydrogen-bond acceptors (Lipinski definition) is 2. The minimum Gasteiger partial charge on any atom is -0.343 e. The number of nitrogens with zero attached hydrogens (tertiary/aromatic N) is 1. The molecule has 2 fully saturated rings. The Morgan fingerprint density at radius 3 is 3.00 bits per heavy atom. The molecule has 1 unspecified atom stereocenters. The Labute approximate surface area is 79.5 Å². The van der Waals surface area contributed by atoms with Crippen LogP contribution in [0.3, 0.4) is 0 Å². The van der Waals surface area contributed by atoms with Crippen LogP contribution in [0.1, 0.15) is 32.1 Å². The third-order valence-electron chi connectivity index (χ3n) is 3.08. The van der Waals surface area contributed by atoms with Crippen molar-refractivity contribution in [3.63, 3.8) is 0 Å². The zero-order valence-corrected chi connectivity index (χ0v) is 8.09. The van der Waals surface area contributed by atoms with E-state index in [2.05, 4.69) is 5.32 Å². The molecule has 2 aliphatic heterocycles. The van der Waals surface area contributed by atoms with E-state index in [1.807, 2.05) is 4.90 Å². The van der Waals surface area contributed by atoms with Crippen LogP contribution < -0.4 is 5.32 Å². The Hall–Kier alpha value is -0.570.